The fourth-order valence-electron chi connectivity index (χ4n) is 2.69. The van der Waals surface area contributed by atoms with Crippen LogP contribution in [0.2, 0.25) is 0 Å². The first kappa shape index (κ1) is 24.4. The molecule has 0 radical (unpaired) electrons. The maximum Gasteiger partial charge on any atom is 0.191 e. The van der Waals surface area contributed by atoms with Crippen LogP contribution in [-0.2, 0) is 22.6 Å². The van der Waals surface area contributed by atoms with Gasteiger partial charge in [0, 0.05) is 33.9 Å². The Hall–Kier alpha value is -1.64. The van der Waals surface area contributed by atoms with Crippen LogP contribution in [0.15, 0.2) is 59.6 Å². The zero-order chi connectivity index (χ0) is 19.3. The first-order chi connectivity index (χ1) is 13.2. The molecule has 6 heteroatoms. The highest BCUT2D eigenvalue weighted by molar-refractivity contribution is 14.0. The fourth-order valence-corrected chi connectivity index (χ4v) is 2.69. The molecule has 0 spiro atoms. The standard InChI is InChI=1S/C22H31N3O2.HI/c1-18(21-8-5-4-6-9-21)27-15-7-14-24-22(23-2)25-16-19-10-12-20(13-11-19)17-26-3;/h4-6,8-13,18H,7,14-17H2,1-3H3,(H2,23,24,25);1H. The molecular formula is C22H32IN3O2. The number of methoxy groups -OCH3 is 1. The molecular weight excluding hydrogens is 465 g/mol. The smallest absolute Gasteiger partial charge is 0.191 e. The molecule has 2 N–H and O–H groups in total. The van der Waals surface area contributed by atoms with Crippen LogP contribution in [0.3, 0.4) is 0 Å². The van der Waals surface area contributed by atoms with E-state index in [4.69, 9.17) is 9.47 Å². The minimum atomic E-state index is 0. The Bertz CT molecular complexity index is 678. The Morgan fingerprint density at radius 1 is 1.00 bits per heavy atom. The third-order valence-electron chi connectivity index (χ3n) is 4.27. The van der Waals surface area contributed by atoms with Crippen LogP contribution in [0.4, 0.5) is 0 Å². The van der Waals surface area contributed by atoms with Gasteiger partial charge in [-0.3, -0.25) is 4.99 Å². The predicted octanol–water partition coefficient (Wildman–Crippen LogP) is 4.28. The molecule has 28 heavy (non-hydrogen) atoms. The van der Waals surface area contributed by atoms with E-state index in [9.17, 15) is 0 Å². The summed E-state index contributed by atoms with van der Waals surface area (Å²) in [7, 11) is 3.49. The number of guanidine groups is 1. The van der Waals surface area contributed by atoms with Crippen molar-refractivity contribution in [3.05, 3.63) is 71.3 Å². The van der Waals surface area contributed by atoms with Crippen LogP contribution < -0.4 is 10.6 Å². The predicted molar refractivity (Wildman–Crippen MR) is 126 cm³/mol. The van der Waals surface area contributed by atoms with E-state index < -0.39 is 0 Å². The SMILES string of the molecule is CN=C(NCCCOC(C)c1ccccc1)NCc1ccc(COC)cc1.I. The molecule has 0 aromatic heterocycles. The quantitative estimate of drug-likeness (QED) is 0.223. The van der Waals surface area contributed by atoms with Gasteiger partial charge >= 0.3 is 0 Å². The maximum absolute atomic E-state index is 5.89. The molecule has 0 heterocycles. The van der Waals surface area contributed by atoms with E-state index in [1.165, 1.54) is 16.7 Å². The number of halogens is 1. The molecule has 0 fully saturated rings. The van der Waals surface area contributed by atoms with Crippen LogP contribution >= 0.6 is 24.0 Å². The number of hydrogen-bond donors (Lipinski definition) is 2. The van der Waals surface area contributed by atoms with Crippen LogP contribution in [0.25, 0.3) is 0 Å². The molecule has 0 amide bonds. The van der Waals surface area contributed by atoms with Crippen molar-refractivity contribution in [1.29, 1.82) is 0 Å². The van der Waals surface area contributed by atoms with Gasteiger partial charge in [-0.05, 0) is 30.0 Å². The van der Waals surface area contributed by atoms with Crippen molar-refractivity contribution < 1.29 is 9.47 Å². The van der Waals surface area contributed by atoms with Gasteiger partial charge in [0.25, 0.3) is 0 Å². The monoisotopic (exact) mass is 497 g/mol. The topological polar surface area (TPSA) is 54.9 Å². The molecule has 2 rings (SSSR count). The van der Waals surface area contributed by atoms with Crippen molar-refractivity contribution in [3.63, 3.8) is 0 Å². The number of aliphatic imine (C=N–C) groups is 1. The van der Waals surface area contributed by atoms with E-state index in [2.05, 4.69) is 58.9 Å². The number of ether oxygens (including phenoxy) is 2. The van der Waals surface area contributed by atoms with Gasteiger partial charge in [-0.15, -0.1) is 24.0 Å². The first-order valence-corrected chi connectivity index (χ1v) is 9.40. The van der Waals surface area contributed by atoms with Gasteiger partial charge in [0.1, 0.15) is 0 Å². The fraction of sp³-hybridized carbons (Fsp3) is 0.409. The van der Waals surface area contributed by atoms with Crippen molar-refractivity contribution >= 4 is 29.9 Å². The molecule has 2 aromatic rings. The summed E-state index contributed by atoms with van der Waals surface area (Å²) in [5.74, 6) is 0.798. The van der Waals surface area contributed by atoms with Crippen molar-refractivity contribution in [2.24, 2.45) is 4.99 Å². The highest BCUT2D eigenvalue weighted by Gasteiger charge is 2.04. The number of rotatable bonds is 10. The third kappa shape index (κ3) is 9.03. The summed E-state index contributed by atoms with van der Waals surface area (Å²) in [5, 5.41) is 6.65. The van der Waals surface area contributed by atoms with Crippen molar-refractivity contribution in [3.8, 4) is 0 Å². The molecule has 0 aliphatic carbocycles. The summed E-state index contributed by atoms with van der Waals surface area (Å²) < 4.78 is 11.0. The van der Waals surface area contributed by atoms with Gasteiger partial charge < -0.3 is 20.1 Å². The van der Waals surface area contributed by atoms with Crippen molar-refractivity contribution in [2.75, 3.05) is 27.3 Å². The van der Waals surface area contributed by atoms with Gasteiger partial charge in [-0.25, -0.2) is 0 Å². The first-order valence-electron chi connectivity index (χ1n) is 9.40. The van der Waals surface area contributed by atoms with E-state index >= 15 is 0 Å². The average molecular weight is 497 g/mol. The molecule has 0 saturated carbocycles. The Kier molecular flexibility index (Phi) is 12.5. The second-order valence-electron chi connectivity index (χ2n) is 6.38. The van der Waals surface area contributed by atoms with Gasteiger partial charge in [-0.1, -0.05) is 54.6 Å². The molecule has 1 unspecified atom stereocenters. The minimum Gasteiger partial charge on any atom is -0.380 e. The Morgan fingerprint density at radius 3 is 2.32 bits per heavy atom. The van der Waals surface area contributed by atoms with Crippen molar-refractivity contribution in [2.45, 2.75) is 32.6 Å². The summed E-state index contributed by atoms with van der Waals surface area (Å²) in [6.07, 6.45) is 1.04. The lowest BCUT2D eigenvalue weighted by Gasteiger charge is -2.15. The number of benzene rings is 2. The summed E-state index contributed by atoms with van der Waals surface area (Å²) in [6.45, 7) is 4.98. The lowest BCUT2D eigenvalue weighted by Crippen LogP contribution is -2.37. The Labute approximate surface area is 186 Å². The van der Waals surface area contributed by atoms with Gasteiger partial charge in [-0.2, -0.15) is 0 Å². The molecule has 0 aliphatic heterocycles. The van der Waals surface area contributed by atoms with Crippen LogP contribution in [-0.4, -0.2) is 33.3 Å². The second-order valence-corrected chi connectivity index (χ2v) is 6.38. The largest absolute Gasteiger partial charge is 0.380 e. The van der Waals surface area contributed by atoms with Crippen LogP contribution in [0.1, 0.15) is 36.1 Å². The highest BCUT2D eigenvalue weighted by atomic mass is 127. The normalized spacial score (nSPS) is 12.2. The molecule has 5 nitrogen and oxygen atoms in total. The second kappa shape index (κ2) is 14.4. The molecule has 0 saturated heterocycles. The molecule has 1 atom stereocenters. The Morgan fingerprint density at radius 2 is 1.68 bits per heavy atom. The lowest BCUT2D eigenvalue weighted by molar-refractivity contribution is 0.0646. The van der Waals surface area contributed by atoms with E-state index in [-0.39, 0.29) is 30.1 Å². The Balaban J connectivity index is 0.00000392. The molecule has 154 valence electrons. The van der Waals surface area contributed by atoms with Crippen LogP contribution in [0, 0.1) is 0 Å². The highest BCUT2D eigenvalue weighted by Crippen LogP contribution is 2.15. The van der Waals surface area contributed by atoms with Crippen molar-refractivity contribution in [1.82, 2.24) is 10.6 Å². The minimum absolute atomic E-state index is 0. The summed E-state index contributed by atoms with van der Waals surface area (Å²) >= 11 is 0. The zero-order valence-electron chi connectivity index (χ0n) is 17.0. The van der Waals surface area contributed by atoms with Crippen LogP contribution in [0.5, 0.6) is 0 Å². The van der Waals surface area contributed by atoms with E-state index in [1.54, 1.807) is 14.2 Å². The summed E-state index contributed by atoms with van der Waals surface area (Å²) in [6, 6.07) is 18.7. The average Bonchev–Trinajstić information content (AvgIpc) is 2.72. The van der Waals surface area contributed by atoms with E-state index in [1.807, 2.05) is 18.2 Å². The van der Waals surface area contributed by atoms with Gasteiger partial charge in [0.15, 0.2) is 5.96 Å². The summed E-state index contributed by atoms with van der Waals surface area (Å²) in [4.78, 5) is 4.26. The van der Waals surface area contributed by atoms with E-state index in [0.717, 1.165) is 25.5 Å². The number of nitrogens with zero attached hydrogens (tertiary/aromatic N) is 1. The van der Waals surface area contributed by atoms with E-state index in [0.29, 0.717) is 13.2 Å². The number of hydrogen-bond acceptors (Lipinski definition) is 3. The van der Waals surface area contributed by atoms with Gasteiger partial charge in [0.2, 0.25) is 0 Å². The molecule has 0 aliphatic rings. The lowest BCUT2D eigenvalue weighted by atomic mass is 10.1. The number of nitrogens with one attached hydrogen (secondary N) is 2. The van der Waals surface area contributed by atoms with Gasteiger partial charge in [0.05, 0.1) is 12.7 Å². The maximum atomic E-state index is 5.89. The summed E-state index contributed by atoms with van der Waals surface area (Å²) in [5.41, 5.74) is 3.59. The zero-order valence-corrected chi connectivity index (χ0v) is 19.3. The molecule has 0 bridgehead atoms. The molecule has 2 aromatic carbocycles. The third-order valence-corrected chi connectivity index (χ3v) is 4.27.